The van der Waals surface area contributed by atoms with Crippen molar-refractivity contribution in [3.8, 4) is 0 Å². The van der Waals surface area contributed by atoms with Crippen LogP contribution in [0.4, 0.5) is 5.82 Å². The molecule has 0 aliphatic rings. The summed E-state index contributed by atoms with van der Waals surface area (Å²) in [6.07, 6.45) is 3.56. The molecule has 1 heterocycles. The number of nitrogens with zero attached hydrogens (tertiary/aromatic N) is 2. The second kappa shape index (κ2) is 5.54. The Kier molecular flexibility index (Phi) is 4.32. The third-order valence-corrected chi connectivity index (χ3v) is 1.89. The van der Waals surface area contributed by atoms with Gasteiger partial charge in [-0.05, 0) is 20.8 Å². The molecule has 1 atom stereocenters. The minimum Gasteiger partial charge on any atom is -0.377 e. The molecule has 1 rings (SSSR count). The summed E-state index contributed by atoms with van der Waals surface area (Å²) in [6.45, 7) is 7.45. The topological polar surface area (TPSA) is 47.0 Å². The maximum Gasteiger partial charge on any atom is 0.147 e. The SMILES string of the molecule is CCOC(C)CNc1nccnc1C. The summed E-state index contributed by atoms with van der Waals surface area (Å²) in [7, 11) is 0. The molecular formula is C10H17N3O. The number of aromatic nitrogens is 2. The lowest BCUT2D eigenvalue weighted by Crippen LogP contribution is -2.20. The van der Waals surface area contributed by atoms with Gasteiger partial charge in [0.25, 0.3) is 0 Å². The van der Waals surface area contributed by atoms with Gasteiger partial charge in [-0.15, -0.1) is 0 Å². The average Bonchev–Trinajstić information content (AvgIpc) is 2.17. The van der Waals surface area contributed by atoms with E-state index in [1.807, 2.05) is 20.8 Å². The molecule has 1 unspecified atom stereocenters. The van der Waals surface area contributed by atoms with Gasteiger partial charge in [0.05, 0.1) is 11.8 Å². The van der Waals surface area contributed by atoms with Crippen LogP contribution in [0.25, 0.3) is 0 Å². The molecule has 0 aliphatic carbocycles. The van der Waals surface area contributed by atoms with Crippen LogP contribution >= 0.6 is 0 Å². The van der Waals surface area contributed by atoms with Crippen molar-refractivity contribution in [2.24, 2.45) is 0 Å². The Hall–Kier alpha value is -1.16. The zero-order chi connectivity index (χ0) is 10.4. The maximum atomic E-state index is 5.39. The van der Waals surface area contributed by atoms with Crippen molar-refractivity contribution < 1.29 is 4.74 Å². The Morgan fingerprint density at radius 2 is 2.14 bits per heavy atom. The summed E-state index contributed by atoms with van der Waals surface area (Å²) in [4.78, 5) is 8.32. The molecule has 14 heavy (non-hydrogen) atoms. The van der Waals surface area contributed by atoms with Crippen LogP contribution in [0.3, 0.4) is 0 Å². The summed E-state index contributed by atoms with van der Waals surface area (Å²) in [5.41, 5.74) is 0.913. The van der Waals surface area contributed by atoms with Gasteiger partial charge < -0.3 is 10.1 Å². The first-order valence-corrected chi connectivity index (χ1v) is 4.87. The van der Waals surface area contributed by atoms with Gasteiger partial charge in [0.1, 0.15) is 5.82 Å². The van der Waals surface area contributed by atoms with Crippen LogP contribution in [-0.4, -0.2) is 29.2 Å². The van der Waals surface area contributed by atoms with Gasteiger partial charge in [0, 0.05) is 25.5 Å². The minimum absolute atomic E-state index is 0.196. The summed E-state index contributed by atoms with van der Waals surface area (Å²) in [5.74, 6) is 0.832. The standard InChI is InChI=1S/C10H17N3O/c1-4-14-8(2)7-13-10-9(3)11-5-6-12-10/h5-6,8H,4,7H2,1-3H3,(H,12,13). The van der Waals surface area contributed by atoms with Crippen LogP contribution in [0.1, 0.15) is 19.5 Å². The van der Waals surface area contributed by atoms with Crippen molar-refractivity contribution in [1.29, 1.82) is 0 Å². The van der Waals surface area contributed by atoms with Crippen LogP contribution in [0.5, 0.6) is 0 Å². The summed E-state index contributed by atoms with van der Waals surface area (Å²) in [5, 5.41) is 3.20. The van der Waals surface area contributed by atoms with E-state index in [0.29, 0.717) is 0 Å². The van der Waals surface area contributed by atoms with E-state index in [1.165, 1.54) is 0 Å². The molecule has 0 spiro atoms. The normalized spacial score (nSPS) is 12.5. The molecule has 0 saturated heterocycles. The highest BCUT2D eigenvalue weighted by molar-refractivity contribution is 5.38. The number of hydrogen-bond donors (Lipinski definition) is 1. The molecule has 1 aromatic rings. The average molecular weight is 195 g/mol. The first-order chi connectivity index (χ1) is 6.74. The Morgan fingerprint density at radius 3 is 2.79 bits per heavy atom. The second-order valence-electron chi connectivity index (χ2n) is 3.14. The number of rotatable bonds is 5. The maximum absolute atomic E-state index is 5.39. The molecular weight excluding hydrogens is 178 g/mol. The molecule has 0 amide bonds. The van der Waals surface area contributed by atoms with Gasteiger partial charge in [-0.3, -0.25) is 4.98 Å². The fraction of sp³-hybridized carbons (Fsp3) is 0.600. The number of aryl methyl sites for hydroxylation is 1. The van der Waals surface area contributed by atoms with Crippen molar-refractivity contribution in [3.05, 3.63) is 18.1 Å². The van der Waals surface area contributed by atoms with Crippen LogP contribution < -0.4 is 5.32 Å². The Balaban J connectivity index is 2.41. The molecule has 78 valence electrons. The smallest absolute Gasteiger partial charge is 0.147 e. The van der Waals surface area contributed by atoms with Crippen molar-refractivity contribution in [2.45, 2.75) is 26.9 Å². The lowest BCUT2D eigenvalue weighted by atomic mass is 10.3. The first kappa shape index (κ1) is 10.9. The summed E-state index contributed by atoms with van der Waals surface area (Å²) < 4.78 is 5.39. The Morgan fingerprint density at radius 1 is 1.43 bits per heavy atom. The zero-order valence-electron chi connectivity index (χ0n) is 8.95. The van der Waals surface area contributed by atoms with Crippen molar-refractivity contribution in [1.82, 2.24) is 9.97 Å². The van der Waals surface area contributed by atoms with E-state index in [1.54, 1.807) is 12.4 Å². The summed E-state index contributed by atoms with van der Waals surface area (Å²) in [6, 6.07) is 0. The molecule has 0 fully saturated rings. The molecule has 0 bridgehead atoms. The van der Waals surface area contributed by atoms with E-state index in [2.05, 4.69) is 15.3 Å². The van der Waals surface area contributed by atoms with Crippen LogP contribution in [0, 0.1) is 6.92 Å². The minimum atomic E-state index is 0.196. The molecule has 0 aliphatic heterocycles. The van der Waals surface area contributed by atoms with Gasteiger partial charge in [0.15, 0.2) is 0 Å². The third kappa shape index (κ3) is 3.30. The van der Waals surface area contributed by atoms with Gasteiger partial charge >= 0.3 is 0 Å². The largest absolute Gasteiger partial charge is 0.377 e. The van der Waals surface area contributed by atoms with Crippen molar-refractivity contribution in [2.75, 3.05) is 18.5 Å². The predicted octanol–water partition coefficient (Wildman–Crippen LogP) is 1.62. The monoisotopic (exact) mass is 195 g/mol. The van der Waals surface area contributed by atoms with Gasteiger partial charge in [-0.1, -0.05) is 0 Å². The molecule has 0 saturated carbocycles. The molecule has 0 aromatic carbocycles. The highest BCUT2D eigenvalue weighted by atomic mass is 16.5. The Bertz CT molecular complexity index is 278. The molecule has 0 radical (unpaired) electrons. The predicted molar refractivity (Wildman–Crippen MR) is 56.3 cm³/mol. The second-order valence-corrected chi connectivity index (χ2v) is 3.14. The van der Waals surface area contributed by atoms with Crippen LogP contribution in [0.2, 0.25) is 0 Å². The van der Waals surface area contributed by atoms with E-state index in [4.69, 9.17) is 4.74 Å². The van der Waals surface area contributed by atoms with E-state index in [9.17, 15) is 0 Å². The van der Waals surface area contributed by atoms with E-state index < -0.39 is 0 Å². The summed E-state index contributed by atoms with van der Waals surface area (Å²) >= 11 is 0. The zero-order valence-corrected chi connectivity index (χ0v) is 8.95. The van der Waals surface area contributed by atoms with Crippen molar-refractivity contribution in [3.63, 3.8) is 0 Å². The van der Waals surface area contributed by atoms with Gasteiger partial charge in [-0.2, -0.15) is 0 Å². The van der Waals surface area contributed by atoms with Crippen LogP contribution in [-0.2, 0) is 4.74 Å². The lowest BCUT2D eigenvalue weighted by Gasteiger charge is -2.13. The molecule has 1 N–H and O–H groups in total. The number of nitrogens with one attached hydrogen (secondary N) is 1. The fourth-order valence-corrected chi connectivity index (χ4v) is 1.16. The highest BCUT2D eigenvalue weighted by Gasteiger charge is 2.03. The first-order valence-electron chi connectivity index (χ1n) is 4.87. The molecule has 4 heteroatoms. The van der Waals surface area contributed by atoms with E-state index >= 15 is 0 Å². The van der Waals surface area contributed by atoms with Gasteiger partial charge in [-0.25, -0.2) is 4.98 Å². The highest BCUT2D eigenvalue weighted by Crippen LogP contribution is 2.05. The van der Waals surface area contributed by atoms with Gasteiger partial charge in [0.2, 0.25) is 0 Å². The fourth-order valence-electron chi connectivity index (χ4n) is 1.16. The van der Waals surface area contributed by atoms with Crippen LogP contribution in [0.15, 0.2) is 12.4 Å². The lowest BCUT2D eigenvalue weighted by molar-refractivity contribution is 0.0854. The van der Waals surface area contributed by atoms with Crippen molar-refractivity contribution >= 4 is 5.82 Å². The van der Waals surface area contributed by atoms with E-state index in [0.717, 1.165) is 24.7 Å². The quantitative estimate of drug-likeness (QED) is 0.775. The number of ether oxygens (including phenoxy) is 1. The number of anilines is 1. The molecule has 4 nitrogen and oxygen atoms in total. The Labute approximate surface area is 84.7 Å². The van der Waals surface area contributed by atoms with E-state index in [-0.39, 0.29) is 6.10 Å². The number of hydrogen-bond acceptors (Lipinski definition) is 4. The molecule has 1 aromatic heterocycles. The third-order valence-electron chi connectivity index (χ3n) is 1.89.